The minimum absolute atomic E-state index is 0.0222. The molecule has 1 fully saturated rings. The molecule has 0 aromatic heterocycles. The molecule has 0 bridgehead atoms. The van der Waals surface area contributed by atoms with Crippen LogP contribution in [0.1, 0.15) is 44.2 Å². The van der Waals surface area contributed by atoms with Gasteiger partial charge in [-0.2, -0.15) is 0 Å². The summed E-state index contributed by atoms with van der Waals surface area (Å²) in [6.45, 7) is 5.25. The molecule has 1 saturated heterocycles. The molecular weight excluding hydrogens is 464 g/mol. The third-order valence-corrected chi connectivity index (χ3v) is 6.24. The van der Waals surface area contributed by atoms with Crippen molar-refractivity contribution < 1.29 is 33.7 Å². The number of aliphatic carboxylic acids is 1. The van der Waals surface area contributed by atoms with Crippen LogP contribution in [-0.4, -0.2) is 72.2 Å². The van der Waals surface area contributed by atoms with Gasteiger partial charge in [0, 0.05) is 12.5 Å². The number of carboxylic acid groups (broad SMARTS) is 1. The number of likely N-dealkylation sites (tertiary alicyclic amines) is 1. The van der Waals surface area contributed by atoms with E-state index in [9.17, 15) is 14.4 Å². The zero-order valence-electron chi connectivity index (χ0n) is 20.7. The molecule has 0 radical (unpaired) electrons. The molecule has 2 aliphatic rings. The Morgan fingerprint density at radius 2 is 1.61 bits per heavy atom. The summed E-state index contributed by atoms with van der Waals surface area (Å²) in [5.41, 5.74) is 3.85. The number of rotatable bonds is 7. The van der Waals surface area contributed by atoms with Crippen molar-refractivity contribution >= 4 is 18.2 Å². The van der Waals surface area contributed by atoms with Gasteiger partial charge in [-0.1, -0.05) is 48.5 Å². The highest BCUT2D eigenvalue weighted by Crippen LogP contribution is 2.44. The first-order chi connectivity index (χ1) is 17.1. The van der Waals surface area contributed by atoms with Crippen molar-refractivity contribution in [3.8, 4) is 11.1 Å². The van der Waals surface area contributed by atoms with E-state index in [0.29, 0.717) is 6.42 Å². The van der Waals surface area contributed by atoms with Crippen LogP contribution in [0.3, 0.4) is 0 Å². The number of hydrogen-bond donors (Lipinski definition) is 2. The second kappa shape index (κ2) is 10.6. The fourth-order valence-corrected chi connectivity index (χ4v) is 4.81. The average molecular weight is 497 g/mol. The zero-order chi connectivity index (χ0) is 25.9. The van der Waals surface area contributed by atoms with Crippen LogP contribution in [0.4, 0.5) is 9.59 Å². The SMILES string of the molecule is CC(C)(C)OC(=O)N1CC(NC(=O)OCC2c3ccccc3-c3ccccc32)CC1COCC(=O)O. The Morgan fingerprint density at radius 1 is 1.00 bits per heavy atom. The molecule has 9 nitrogen and oxygen atoms in total. The summed E-state index contributed by atoms with van der Waals surface area (Å²) < 4.78 is 16.3. The Hall–Kier alpha value is -3.59. The van der Waals surface area contributed by atoms with Gasteiger partial charge in [0.2, 0.25) is 0 Å². The minimum Gasteiger partial charge on any atom is -0.480 e. The van der Waals surface area contributed by atoms with Gasteiger partial charge in [-0.25, -0.2) is 14.4 Å². The van der Waals surface area contributed by atoms with Crippen LogP contribution in [0.5, 0.6) is 0 Å². The van der Waals surface area contributed by atoms with Crippen LogP contribution < -0.4 is 5.32 Å². The molecule has 0 saturated carbocycles. The molecule has 2 N–H and O–H groups in total. The van der Waals surface area contributed by atoms with E-state index in [2.05, 4.69) is 29.6 Å². The number of amides is 2. The summed E-state index contributed by atoms with van der Waals surface area (Å²) in [5.74, 6) is -1.15. The molecule has 36 heavy (non-hydrogen) atoms. The largest absolute Gasteiger partial charge is 0.480 e. The molecule has 2 atom stereocenters. The molecular formula is C27H32N2O7. The Bertz CT molecular complexity index is 1080. The standard InChI is InChI=1S/C27H32N2O7/c1-27(2,3)36-26(33)29-13-17(12-18(29)14-34-16-24(30)31)28-25(32)35-15-23-21-10-6-4-8-19(21)20-9-5-7-11-22(20)23/h4-11,17-18,23H,12-16H2,1-3H3,(H,28,32)(H,30,31). The lowest BCUT2D eigenvalue weighted by Gasteiger charge is -2.28. The molecule has 2 amide bonds. The monoisotopic (exact) mass is 496 g/mol. The van der Waals surface area contributed by atoms with Crippen LogP contribution >= 0.6 is 0 Å². The number of hydrogen-bond acceptors (Lipinski definition) is 6. The predicted molar refractivity (Wildman–Crippen MR) is 132 cm³/mol. The molecule has 2 aromatic rings. The number of ether oxygens (including phenoxy) is 3. The summed E-state index contributed by atoms with van der Waals surface area (Å²) in [5, 5.41) is 11.7. The molecule has 0 spiro atoms. The van der Waals surface area contributed by atoms with Gasteiger partial charge in [0.05, 0.1) is 18.7 Å². The fourth-order valence-electron chi connectivity index (χ4n) is 4.81. The highest BCUT2D eigenvalue weighted by Gasteiger charge is 2.39. The number of benzene rings is 2. The number of fused-ring (bicyclic) bond motifs is 3. The third-order valence-electron chi connectivity index (χ3n) is 6.24. The van der Waals surface area contributed by atoms with Crippen molar-refractivity contribution in [1.82, 2.24) is 10.2 Å². The predicted octanol–water partition coefficient (Wildman–Crippen LogP) is 4.00. The molecule has 2 unspecified atom stereocenters. The molecule has 9 heteroatoms. The Labute approximate surface area is 210 Å². The van der Waals surface area contributed by atoms with Crippen molar-refractivity contribution in [3.05, 3.63) is 59.7 Å². The van der Waals surface area contributed by atoms with Crippen molar-refractivity contribution in [2.24, 2.45) is 0 Å². The first-order valence-corrected chi connectivity index (χ1v) is 12.0. The van der Waals surface area contributed by atoms with Gasteiger partial charge >= 0.3 is 18.2 Å². The van der Waals surface area contributed by atoms with Crippen molar-refractivity contribution in [3.63, 3.8) is 0 Å². The van der Waals surface area contributed by atoms with E-state index in [1.165, 1.54) is 4.90 Å². The molecule has 192 valence electrons. The zero-order valence-corrected chi connectivity index (χ0v) is 20.7. The van der Waals surface area contributed by atoms with Crippen LogP contribution in [0.25, 0.3) is 11.1 Å². The summed E-state index contributed by atoms with van der Waals surface area (Å²) in [6.07, 6.45) is -0.718. The Morgan fingerprint density at radius 3 is 2.19 bits per heavy atom. The molecule has 1 aliphatic heterocycles. The van der Waals surface area contributed by atoms with Gasteiger partial charge in [0.25, 0.3) is 0 Å². The van der Waals surface area contributed by atoms with Crippen LogP contribution in [0.2, 0.25) is 0 Å². The van der Waals surface area contributed by atoms with Crippen molar-refractivity contribution in [2.75, 3.05) is 26.4 Å². The van der Waals surface area contributed by atoms with Gasteiger partial charge in [0.1, 0.15) is 18.8 Å². The maximum Gasteiger partial charge on any atom is 0.410 e. The van der Waals surface area contributed by atoms with E-state index in [1.807, 2.05) is 24.3 Å². The van der Waals surface area contributed by atoms with E-state index in [0.717, 1.165) is 22.3 Å². The highest BCUT2D eigenvalue weighted by atomic mass is 16.6. The average Bonchev–Trinajstić information content (AvgIpc) is 3.35. The van der Waals surface area contributed by atoms with Crippen LogP contribution in [0.15, 0.2) is 48.5 Å². The van der Waals surface area contributed by atoms with Crippen molar-refractivity contribution in [1.29, 1.82) is 0 Å². The van der Waals surface area contributed by atoms with E-state index in [1.54, 1.807) is 20.8 Å². The van der Waals surface area contributed by atoms with E-state index < -0.39 is 36.4 Å². The van der Waals surface area contributed by atoms with Gasteiger partial charge in [0.15, 0.2) is 0 Å². The first kappa shape index (κ1) is 25.5. The van der Waals surface area contributed by atoms with E-state index >= 15 is 0 Å². The third kappa shape index (κ3) is 5.96. The highest BCUT2D eigenvalue weighted by molar-refractivity contribution is 5.79. The van der Waals surface area contributed by atoms with E-state index in [-0.39, 0.29) is 31.7 Å². The number of nitrogens with one attached hydrogen (secondary N) is 1. The smallest absolute Gasteiger partial charge is 0.410 e. The normalized spacial score (nSPS) is 18.9. The summed E-state index contributed by atoms with van der Waals surface area (Å²) >= 11 is 0. The summed E-state index contributed by atoms with van der Waals surface area (Å²) in [4.78, 5) is 37.7. The van der Waals surface area contributed by atoms with Gasteiger partial charge in [-0.15, -0.1) is 0 Å². The lowest BCUT2D eigenvalue weighted by Crippen LogP contribution is -2.43. The number of carbonyl (C=O) groups excluding carboxylic acids is 2. The second-order valence-electron chi connectivity index (χ2n) is 10.1. The number of carboxylic acids is 1. The lowest BCUT2D eigenvalue weighted by molar-refractivity contribution is -0.142. The number of alkyl carbamates (subject to hydrolysis) is 1. The maximum atomic E-state index is 12.7. The minimum atomic E-state index is -1.09. The van der Waals surface area contributed by atoms with E-state index in [4.69, 9.17) is 19.3 Å². The molecule has 1 aliphatic carbocycles. The van der Waals surface area contributed by atoms with Crippen LogP contribution in [-0.2, 0) is 19.0 Å². The summed E-state index contributed by atoms with van der Waals surface area (Å²) in [6, 6.07) is 15.4. The Kier molecular flexibility index (Phi) is 7.49. The fraction of sp³-hybridized carbons (Fsp3) is 0.444. The Balaban J connectivity index is 1.37. The number of carbonyl (C=O) groups is 3. The van der Waals surface area contributed by atoms with Crippen LogP contribution in [0, 0.1) is 0 Å². The first-order valence-electron chi connectivity index (χ1n) is 12.0. The number of nitrogens with zero attached hydrogens (tertiary/aromatic N) is 1. The second-order valence-corrected chi connectivity index (χ2v) is 10.1. The molecule has 1 heterocycles. The van der Waals surface area contributed by atoms with Gasteiger partial charge in [-0.3, -0.25) is 0 Å². The summed E-state index contributed by atoms with van der Waals surface area (Å²) in [7, 11) is 0. The maximum absolute atomic E-state index is 12.7. The van der Waals surface area contributed by atoms with Crippen molar-refractivity contribution in [2.45, 2.75) is 50.8 Å². The quantitative estimate of drug-likeness (QED) is 0.595. The lowest BCUT2D eigenvalue weighted by atomic mass is 9.98. The van der Waals surface area contributed by atoms with Gasteiger partial charge < -0.3 is 29.5 Å². The topological polar surface area (TPSA) is 114 Å². The van der Waals surface area contributed by atoms with Gasteiger partial charge in [-0.05, 0) is 49.4 Å². The molecule has 2 aromatic carbocycles. The molecule has 4 rings (SSSR count).